The minimum atomic E-state index is -0.834. The Labute approximate surface area is 125 Å². The second-order valence-corrected chi connectivity index (χ2v) is 5.49. The number of rotatable bonds is 8. The third-order valence-corrected chi connectivity index (χ3v) is 3.54. The molecule has 1 heterocycles. The van der Waals surface area contributed by atoms with Crippen molar-refractivity contribution in [2.24, 2.45) is 5.92 Å². The first-order chi connectivity index (χ1) is 9.45. The molecule has 1 rings (SSSR count). The summed E-state index contributed by atoms with van der Waals surface area (Å²) >= 11 is 5.96. The van der Waals surface area contributed by atoms with Gasteiger partial charge in [-0.25, -0.2) is 4.98 Å². The Morgan fingerprint density at radius 3 is 2.75 bits per heavy atom. The molecule has 4 nitrogen and oxygen atoms in total. The molecule has 0 spiro atoms. The number of carboxylic acids is 1. The zero-order valence-corrected chi connectivity index (χ0v) is 12.6. The van der Waals surface area contributed by atoms with Gasteiger partial charge in [0.25, 0.3) is 0 Å². The summed E-state index contributed by atoms with van der Waals surface area (Å²) in [6.07, 6.45) is 3.78. The predicted molar refractivity (Wildman–Crippen MR) is 81.1 cm³/mol. The van der Waals surface area contributed by atoms with Crippen LogP contribution in [-0.4, -0.2) is 29.7 Å². The fourth-order valence-electron chi connectivity index (χ4n) is 2.36. The number of carbonyl (C=O) groups excluding carboxylic acids is 1. The molecule has 1 aromatic rings. The minimum Gasteiger partial charge on any atom is -0.481 e. The fourth-order valence-corrected chi connectivity index (χ4v) is 2.57. The average Bonchev–Trinajstić information content (AvgIpc) is 2.37. The van der Waals surface area contributed by atoms with E-state index >= 15 is 0 Å². The molecular weight excluding hydrogens is 276 g/mol. The molecule has 0 aliphatic carbocycles. The van der Waals surface area contributed by atoms with Crippen LogP contribution in [0.1, 0.15) is 43.0 Å². The van der Waals surface area contributed by atoms with Crippen LogP contribution >= 0.6 is 11.6 Å². The second-order valence-electron chi connectivity index (χ2n) is 5.13. The maximum atomic E-state index is 12.5. The number of nitrogens with zero attached hydrogens (tertiary/aromatic N) is 1. The molecule has 0 aliphatic rings. The van der Waals surface area contributed by atoms with E-state index in [9.17, 15) is 9.59 Å². The lowest BCUT2D eigenvalue weighted by Crippen LogP contribution is -2.19. The van der Waals surface area contributed by atoms with E-state index in [4.69, 9.17) is 16.7 Å². The summed E-state index contributed by atoms with van der Waals surface area (Å²) in [4.78, 5) is 27.2. The largest absolute Gasteiger partial charge is 0.481 e. The quantitative estimate of drug-likeness (QED) is 0.455. The van der Waals surface area contributed by atoms with E-state index < -0.39 is 5.97 Å². The summed E-state index contributed by atoms with van der Waals surface area (Å²) in [5.74, 6) is -1.11. The van der Waals surface area contributed by atoms with E-state index in [1.807, 2.05) is 14.8 Å². The number of hydrogen-bond acceptors (Lipinski definition) is 3. The number of aliphatic carboxylic acids is 1. The predicted octanol–water partition coefficient (Wildman–Crippen LogP) is 2.62. The molecule has 0 radical (unpaired) electrons. The highest BCUT2D eigenvalue weighted by Crippen LogP contribution is 2.27. The van der Waals surface area contributed by atoms with Gasteiger partial charge >= 0.3 is 5.97 Å². The molecule has 1 aromatic heterocycles. The second kappa shape index (κ2) is 8.05. The molecule has 0 saturated heterocycles. The van der Waals surface area contributed by atoms with Crippen LogP contribution in [0, 0.1) is 5.92 Å². The maximum absolute atomic E-state index is 12.5. The van der Waals surface area contributed by atoms with Gasteiger partial charge in [-0.15, -0.1) is 0 Å². The summed E-state index contributed by atoms with van der Waals surface area (Å²) in [5, 5.41) is 9.02. The normalized spacial score (nSPS) is 13.7. The van der Waals surface area contributed by atoms with Gasteiger partial charge in [-0.05, 0) is 25.0 Å². The average molecular weight is 296 g/mol. The van der Waals surface area contributed by atoms with Crippen LogP contribution in [0.4, 0.5) is 0 Å². The highest BCUT2D eigenvalue weighted by atomic mass is 35.5. The van der Waals surface area contributed by atoms with E-state index in [0.29, 0.717) is 12.0 Å². The Morgan fingerprint density at radius 2 is 2.20 bits per heavy atom. The van der Waals surface area contributed by atoms with Crippen LogP contribution < -0.4 is 0 Å². The van der Waals surface area contributed by atoms with E-state index in [1.165, 1.54) is 0 Å². The number of Topliss-reactive ketones (excluding diaryl/α,β-unsaturated/α-hetero) is 1. The highest BCUT2D eigenvalue weighted by molar-refractivity contribution is 6.32. The van der Waals surface area contributed by atoms with Crippen LogP contribution in [0.25, 0.3) is 0 Å². The van der Waals surface area contributed by atoms with Crippen molar-refractivity contribution in [3.8, 4) is 0 Å². The van der Waals surface area contributed by atoms with Gasteiger partial charge in [0.2, 0.25) is 0 Å². The fraction of sp³-hybridized carbons (Fsp3) is 0.500. The van der Waals surface area contributed by atoms with E-state index in [0.717, 1.165) is 12.8 Å². The number of ketones is 1. The zero-order valence-electron chi connectivity index (χ0n) is 11.8. The third kappa shape index (κ3) is 4.97. The molecule has 1 N–H and O–H groups in total. The lowest BCUT2D eigenvalue weighted by molar-refractivity contribution is -0.137. The van der Waals surface area contributed by atoms with Crippen molar-refractivity contribution >= 4 is 31.2 Å². The highest BCUT2D eigenvalue weighted by Gasteiger charge is 2.24. The van der Waals surface area contributed by atoms with Gasteiger partial charge < -0.3 is 5.11 Å². The summed E-state index contributed by atoms with van der Waals surface area (Å²) < 4.78 is 0. The number of carbonyl (C=O) groups is 2. The van der Waals surface area contributed by atoms with Crippen LogP contribution in [0.5, 0.6) is 0 Å². The number of carboxylic acid groups (broad SMARTS) is 1. The first-order valence-electron chi connectivity index (χ1n) is 6.82. The van der Waals surface area contributed by atoms with Gasteiger partial charge in [0.1, 0.15) is 13.0 Å². The molecule has 0 aromatic carbocycles. The zero-order chi connectivity index (χ0) is 15.1. The first-order valence-corrected chi connectivity index (χ1v) is 7.20. The molecule has 108 valence electrons. The van der Waals surface area contributed by atoms with Gasteiger partial charge in [0.15, 0.2) is 5.78 Å². The molecule has 0 saturated carbocycles. The number of aromatic nitrogens is 1. The topological polar surface area (TPSA) is 67.3 Å². The van der Waals surface area contributed by atoms with Crippen LogP contribution in [0.2, 0.25) is 11.0 Å². The molecular formula is C14H19BClNO3. The number of hydrogen-bond donors (Lipinski definition) is 1. The molecule has 6 heteroatoms. The molecule has 20 heavy (non-hydrogen) atoms. The standard InChI is InChI=1S/C14H19BClNO3/c1-2-4-9(7-10(15)8-12(18)19)13(20)11-5-3-6-17-14(11)16/h3,5-6,9-10H,2,4,7-8,15H2,1H3,(H,18,19)/t9?,10-/m0/s1. The van der Waals surface area contributed by atoms with Crippen LogP contribution in [0.3, 0.4) is 0 Å². The van der Waals surface area contributed by atoms with Crippen LogP contribution in [0.15, 0.2) is 18.3 Å². The summed E-state index contributed by atoms with van der Waals surface area (Å²) in [7, 11) is 1.86. The van der Waals surface area contributed by atoms with Gasteiger partial charge in [-0.3, -0.25) is 9.59 Å². The van der Waals surface area contributed by atoms with Crippen LogP contribution in [-0.2, 0) is 4.79 Å². The Hall–Kier alpha value is -1.36. The number of halogens is 1. The molecule has 0 aliphatic heterocycles. The van der Waals surface area contributed by atoms with Crippen molar-refractivity contribution in [2.45, 2.75) is 38.4 Å². The molecule has 0 fully saturated rings. The van der Waals surface area contributed by atoms with E-state index in [-0.39, 0.29) is 29.1 Å². The van der Waals surface area contributed by atoms with Crippen molar-refractivity contribution in [3.63, 3.8) is 0 Å². The lowest BCUT2D eigenvalue weighted by atomic mass is 9.75. The van der Waals surface area contributed by atoms with E-state index in [1.54, 1.807) is 18.3 Å². The monoisotopic (exact) mass is 295 g/mol. The Bertz CT molecular complexity index is 481. The van der Waals surface area contributed by atoms with Gasteiger partial charge in [0.05, 0.1) is 5.56 Å². The van der Waals surface area contributed by atoms with Gasteiger partial charge in [0, 0.05) is 18.5 Å². The van der Waals surface area contributed by atoms with Crippen molar-refractivity contribution < 1.29 is 14.7 Å². The SMILES string of the molecule is B[C@H](CC(=O)O)CC(CCC)C(=O)c1cccnc1Cl. The molecule has 0 amide bonds. The smallest absolute Gasteiger partial charge is 0.302 e. The minimum absolute atomic E-state index is 0.0385. The Morgan fingerprint density at radius 1 is 1.50 bits per heavy atom. The van der Waals surface area contributed by atoms with Gasteiger partial charge in [-0.1, -0.05) is 30.8 Å². The summed E-state index contributed by atoms with van der Waals surface area (Å²) in [6.45, 7) is 2.01. The summed E-state index contributed by atoms with van der Waals surface area (Å²) in [5.41, 5.74) is 0.426. The number of pyridine rings is 1. The van der Waals surface area contributed by atoms with Crippen molar-refractivity contribution in [1.82, 2.24) is 4.98 Å². The Kier molecular flexibility index (Phi) is 6.72. The lowest BCUT2D eigenvalue weighted by Gasteiger charge is -2.19. The van der Waals surface area contributed by atoms with E-state index in [2.05, 4.69) is 4.98 Å². The van der Waals surface area contributed by atoms with Crippen molar-refractivity contribution in [3.05, 3.63) is 29.0 Å². The molecule has 1 unspecified atom stereocenters. The third-order valence-electron chi connectivity index (χ3n) is 3.24. The molecule has 0 bridgehead atoms. The summed E-state index contributed by atoms with van der Waals surface area (Å²) in [6, 6.07) is 3.35. The van der Waals surface area contributed by atoms with Gasteiger partial charge in [-0.2, -0.15) is 0 Å². The van der Waals surface area contributed by atoms with Crippen molar-refractivity contribution in [2.75, 3.05) is 0 Å². The maximum Gasteiger partial charge on any atom is 0.302 e. The first kappa shape index (κ1) is 16.7. The molecule has 2 atom stereocenters. The Balaban J connectivity index is 2.82. The van der Waals surface area contributed by atoms with Crippen molar-refractivity contribution in [1.29, 1.82) is 0 Å².